The number of benzene rings is 1. The third-order valence-electron chi connectivity index (χ3n) is 3.26. The van der Waals surface area contributed by atoms with Gasteiger partial charge in [-0.1, -0.05) is 13.0 Å². The average Bonchev–Trinajstić information content (AvgIpc) is 2.46. The van der Waals surface area contributed by atoms with E-state index in [2.05, 4.69) is 11.8 Å². The summed E-state index contributed by atoms with van der Waals surface area (Å²) in [5.74, 6) is 0. The lowest BCUT2D eigenvalue weighted by molar-refractivity contribution is 0.633. The van der Waals surface area contributed by atoms with Crippen molar-refractivity contribution in [3.8, 4) is 0 Å². The number of aromatic nitrogens is 1. The van der Waals surface area contributed by atoms with Gasteiger partial charge in [-0.2, -0.15) is 0 Å². The Balaban J connectivity index is 2.08. The van der Waals surface area contributed by atoms with E-state index in [0.29, 0.717) is 6.54 Å². The Morgan fingerprint density at radius 1 is 1.10 bits per heavy atom. The minimum absolute atomic E-state index is 0.0428. The molecule has 0 atom stereocenters. The summed E-state index contributed by atoms with van der Waals surface area (Å²) < 4.78 is 1.74. The molecule has 2 N–H and O–H groups in total. The fourth-order valence-electron chi connectivity index (χ4n) is 2.20. The normalized spacial score (nSPS) is 10.4. The summed E-state index contributed by atoms with van der Waals surface area (Å²) in [6, 6.07) is 13.1. The number of pyridine rings is 1. The van der Waals surface area contributed by atoms with Crippen molar-refractivity contribution in [1.82, 2.24) is 4.57 Å². The van der Waals surface area contributed by atoms with Crippen LogP contribution in [-0.4, -0.2) is 17.7 Å². The predicted octanol–water partition coefficient (Wildman–Crippen LogP) is 2.35. The second kappa shape index (κ2) is 6.80. The topological polar surface area (TPSA) is 51.3 Å². The lowest BCUT2D eigenvalue weighted by Crippen LogP contribution is -2.31. The van der Waals surface area contributed by atoms with Crippen LogP contribution < -0.4 is 16.2 Å². The number of nitrogens with zero attached hydrogens (tertiary/aromatic N) is 2. The molecule has 0 unspecified atom stereocenters. The fourth-order valence-corrected chi connectivity index (χ4v) is 2.20. The van der Waals surface area contributed by atoms with Gasteiger partial charge in [0.05, 0.1) is 0 Å². The maximum atomic E-state index is 11.7. The smallest absolute Gasteiger partial charge is 0.250 e. The second-order valence-electron chi connectivity index (χ2n) is 4.81. The molecule has 0 spiro atoms. The van der Waals surface area contributed by atoms with E-state index in [1.54, 1.807) is 16.7 Å². The Hall–Kier alpha value is -2.23. The summed E-state index contributed by atoms with van der Waals surface area (Å²) in [5.41, 5.74) is 7.68. The molecule has 1 heterocycles. The van der Waals surface area contributed by atoms with Gasteiger partial charge in [0.1, 0.15) is 0 Å². The number of nitrogens with two attached hydrogens (primary N) is 1. The lowest BCUT2D eigenvalue weighted by Gasteiger charge is -2.24. The molecule has 0 aliphatic carbocycles. The van der Waals surface area contributed by atoms with Gasteiger partial charge < -0.3 is 15.2 Å². The van der Waals surface area contributed by atoms with E-state index in [0.717, 1.165) is 30.9 Å². The Bertz CT molecular complexity index is 589. The highest BCUT2D eigenvalue weighted by Gasteiger charge is 2.05. The van der Waals surface area contributed by atoms with E-state index in [-0.39, 0.29) is 5.56 Å². The molecule has 20 heavy (non-hydrogen) atoms. The van der Waals surface area contributed by atoms with Crippen molar-refractivity contribution in [3.63, 3.8) is 0 Å². The third kappa shape index (κ3) is 3.63. The molecule has 2 aromatic rings. The molecular formula is C16H21N3O. The molecule has 0 aliphatic heterocycles. The molecule has 0 saturated carbocycles. The van der Waals surface area contributed by atoms with Gasteiger partial charge in [-0.25, -0.2) is 0 Å². The van der Waals surface area contributed by atoms with Gasteiger partial charge in [0, 0.05) is 43.3 Å². The molecule has 1 aromatic heterocycles. The molecule has 0 aliphatic rings. The molecule has 106 valence electrons. The highest BCUT2D eigenvalue weighted by Crippen LogP contribution is 2.16. The van der Waals surface area contributed by atoms with Gasteiger partial charge in [0.2, 0.25) is 0 Å². The van der Waals surface area contributed by atoms with Crippen molar-refractivity contribution in [2.24, 2.45) is 0 Å². The quantitative estimate of drug-likeness (QED) is 0.820. The predicted molar refractivity (Wildman–Crippen MR) is 84.1 cm³/mol. The van der Waals surface area contributed by atoms with Crippen LogP contribution in [0.4, 0.5) is 11.4 Å². The third-order valence-corrected chi connectivity index (χ3v) is 3.26. The van der Waals surface area contributed by atoms with Gasteiger partial charge in [0.25, 0.3) is 5.56 Å². The van der Waals surface area contributed by atoms with Crippen molar-refractivity contribution >= 4 is 11.4 Å². The average molecular weight is 271 g/mol. The van der Waals surface area contributed by atoms with Crippen LogP contribution in [0.15, 0.2) is 53.5 Å². The van der Waals surface area contributed by atoms with Crippen molar-refractivity contribution in [1.29, 1.82) is 0 Å². The minimum Gasteiger partial charge on any atom is -0.399 e. The summed E-state index contributed by atoms with van der Waals surface area (Å²) >= 11 is 0. The first-order chi connectivity index (χ1) is 9.70. The molecule has 4 heteroatoms. The molecule has 1 aromatic carbocycles. The van der Waals surface area contributed by atoms with Gasteiger partial charge in [-0.15, -0.1) is 0 Å². The van der Waals surface area contributed by atoms with Gasteiger partial charge >= 0.3 is 0 Å². The summed E-state index contributed by atoms with van der Waals surface area (Å²) in [4.78, 5) is 14.0. The summed E-state index contributed by atoms with van der Waals surface area (Å²) in [6.45, 7) is 4.61. The van der Waals surface area contributed by atoms with E-state index in [1.807, 2.05) is 36.5 Å². The minimum atomic E-state index is 0.0428. The second-order valence-corrected chi connectivity index (χ2v) is 4.81. The van der Waals surface area contributed by atoms with Crippen molar-refractivity contribution in [3.05, 3.63) is 59.0 Å². The van der Waals surface area contributed by atoms with Crippen LogP contribution in [0.2, 0.25) is 0 Å². The Kier molecular flexibility index (Phi) is 4.82. The summed E-state index contributed by atoms with van der Waals surface area (Å²) in [6.07, 6.45) is 2.89. The lowest BCUT2D eigenvalue weighted by atomic mass is 10.2. The van der Waals surface area contributed by atoms with Crippen molar-refractivity contribution in [2.75, 3.05) is 23.7 Å². The molecule has 2 rings (SSSR count). The van der Waals surface area contributed by atoms with Gasteiger partial charge in [0.15, 0.2) is 0 Å². The zero-order chi connectivity index (χ0) is 14.4. The van der Waals surface area contributed by atoms with E-state index >= 15 is 0 Å². The molecule has 0 radical (unpaired) electrons. The number of hydrogen-bond donors (Lipinski definition) is 1. The first-order valence-corrected chi connectivity index (χ1v) is 6.96. The van der Waals surface area contributed by atoms with Gasteiger partial charge in [-0.05, 0) is 36.8 Å². The molecular weight excluding hydrogens is 250 g/mol. The molecule has 0 amide bonds. The first kappa shape index (κ1) is 14.2. The largest absolute Gasteiger partial charge is 0.399 e. The van der Waals surface area contributed by atoms with E-state index in [1.165, 1.54) is 0 Å². The van der Waals surface area contributed by atoms with Crippen LogP contribution in [0.5, 0.6) is 0 Å². The first-order valence-electron chi connectivity index (χ1n) is 6.96. The maximum Gasteiger partial charge on any atom is 0.250 e. The number of nitrogen functional groups attached to an aromatic ring is 1. The Labute approximate surface area is 119 Å². The number of anilines is 2. The SMILES string of the molecule is CCCN(CCn1ccccc1=O)c1ccc(N)cc1. The van der Waals surface area contributed by atoms with Crippen LogP contribution in [0, 0.1) is 0 Å². The van der Waals surface area contributed by atoms with E-state index in [4.69, 9.17) is 5.73 Å². The summed E-state index contributed by atoms with van der Waals surface area (Å²) in [7, 11) is 0. The highest BCUT2D eigenvalue weighted by atomic mass is 16.1. The maximum absolute atomic E-state index is 11.7. The van der Waals surface area contributed by atoms with Crippen LogP contribution in [0.3, 0.4) is 0 Å². The van der Waals surface area contributed by atoms with Gasteiger partial charge in [-0.3, -0.25) is 4.79 Å². The van der Waals surface area contributed by atoms with E-state index < -0.39 is 0 Å². The fraction of sp³-hybridized carbons (Fsp3) is 0.312. The van der Waals surface area contributed by atoms with Crippen LogP contribution in [0.25, 0.3) is 0 Å². The molecule has 0 fully saturated rings. The molecule has 4 nitrogen and oxygen atoms in total. The van der Waals surface area contributed by atoms with E-state index in [9.17, 15) is 4.79 Å². The van der Waals surface area contributed by atoms with Crippen LogP contribution in [0.1, 0.15) is 13.3 Å². The number of rotatable bonds is 6. The highest BCUT2D eigenvalue weighted by molar-refractivity contribution is 5.53. The monoisotopic (exact) mass is 271 g/mol. The molecule has 0 bridgehead atoms. The Morgan fingerprint density at radius 3 is 2.50 bits per heavy atom. The molecule has 0 saturated heterocycles. The zero-order valence-electron chi connectivity index (χ0n) is 11.8. The zero-order valence-corrected chi connectivity index (χ0v) is 11.8. The standard InChI is InChI=1S/C16H21N3O/c1-2-10-18(15-8-6-14(17)7-9-15)12-13-19-11-4-3-5-16(19)20/h3-9,11H,2,10,12-13,17H2,1H3. The Morgan fingerprint density at radius 2 is 1.85 bits per heavy atom. The van der Waals surface area contributed by atoms with Crippen LogP contribution >= 0.6 is 0 Å². The number of hydrogen-bond acceptors (Lipinski definition) is 3. The van der Waals surface area contributed by atoms with Crippen LogP contribution in [-0.2, 0) is 6.54 Å². The summed E-state index contributed by atoms with van der Waals surface area (Å²) in [5, 5.41) is 0. The van der Waals surface area contributed by atoms with Crippen molar-refractivity contribution < 1.29 is 0 Å². The van der Waals surface area contributed by atoms with Crippen molar-refractivity contribution in [2.45, 2.75) is 19.9 Å².